The second kappa shape index (κ2) is 5.45. The summed E-state index contributed by atoms with van der Waals surface area (Å²) in [6.07, 6.45) is -1.05. The number of rotatable bonds is 2. The van der Waals surface area contributed by atoms with E-state index < -0.39 is 11.9 Å². The SMILES string of the molecule is OC(c1ccc2c(c1)COC2)c1cc(Cl)c(Br)cc1F. The molecule has 1 N–H and O–H groups in total. The predicted octanol–water partition coefficient (Wildman–Crippen LogP) is 4.35. The summed E-state index contributed by atoms with van der Waals surface area (Å²) in [5.74, 6) is -0.495. The average Bonchev–Trinajstić information content (AvgIpc) is 2.89. The van der Waals surface area contributed by atoms with Crippen LogP contribution in [0.15, 0.2) is 34.8 Å². The van der Waals surface area contributed by atoms with Crippen LogP contribution in [0.5, 0.6) is 0 Å². The van der Waals surface area contributed by atoms with Gasteiger partial charge in [0.1, 0.15) is 11.9 Å². The third-order valence-electron chi connectivity index (χ3n) is 3.40. The lowest BCUT2D eigenvalue weighted by molar-refractivity contribution is 0.134. The highest BCUT2D eigenvalue weighted by molar-refractivity contribution is 9.10. The molecule has 20 heavy (non-hydrogen) atoms. The molecule has 1 heterocycles. The highest BCUT2D eigenvalue weighted by Gasteiger charge is 2.19. The van der Waals surface area contributed by atoms with Crippen LogP contribution in [0.4, 0.5) is 4.39 Å². The average molecular weight is 358 g/mol. The Labute approximate surface area is 129 Å². The van der Waals surface area contributed by atoms with Gasteiger partial charge in [-0.15, -0.1) is 0 Å². The molecule has 1 unspecified atom stereocenters. The van der Waals surface area contributed by atoms with Crippen LogP contribution >= 0.6 is 27.5 Å². The van der Waals surface area contributed by atoms with Gasteiger partial charge >= 0.3 is 0 Å². The van der Waals surface area contributed by atoms with Crippen LogP contribution in [0.1, 0.15) is 28.4 Å². The second-order valence-corrected chi connectivity index (χ2v) is 5.97. The predicted molar refractivity (Wildman–Crippen MR) is 78.1 cm³/mol. The minimum Gasteiger partial charge on any atom is -0.384 e. The molecule has 2 aromatic rings. The van der Waals surface area contributed by atoms with E-state index in [2.05, 4.69) is 15.9 Å². The van der Waals surface area contributed by atoms with Crippen molar-refractivity contribution in [3.05, 3.63) is 67.9 Å². The Morgan fingerprint density at radius 2 is 1.95 bits per heavy atom. The topological polar surface area (TPSA) is 29.5 Å². The fraction of sp³-hybridized carbons (Fsp3) is 0.200. The molecule has 104 valence electrons. The highest BCUT2D eigenvalue weighted by Crippen LogP contribution is 2.33. The van der Waals surface area contributed by atoms with E-state index in [4.69, 9.17) is 16.3 Å². The van der Waals surface area contributed by atoms with Crippen molar-refractivity contribution in [2.75, 3.05) is 0 Å². The van der Waals surface area contributed by atoms with Crippen LogP contribution in [0.2, 0.25) is 5.02 Å². The van der Waals surface area contributed by atoms with Crippen molar-refractivity contribution in [3.63, 3.8) is 0 Å². The van der Waals surface area contributed by atoms with E-state index in [0.717, 1.165) is 11.1 Å². The number of benzene rings is 2. The molecule has 2 aromatic carbocycles. The Morgan fingerprint density at radius 3 is 2.75 bits per heavy atom. The smallest absolute Gasteiger partial charge is 0.130 e. The second-order valence-electron chi connectivity index (χ2n) is 4.71. The standard InChI is InChI=1S/C15H11BrClFO2/c16-12-5-14(18)11(4-13(12)17)15(19)8-1-2-9-6-20-7-10(9)3-8/h1-5,15,19H,6-7H2. The number of aliphatic hydroxyl groups is 1. The molecular weight excluding hydrogens is 347 g/mol. The van der Waals surface area contributed by atoms with Crippen LogP contribution < -0.4 is 0 Å². The maximum Gasteiger partial charge on any atom is 0.130 e. The van der Waals surface area contributed by atoms with E-state index >= 15 is 0 Å². The fourth-order valence-corrected chi connectivity index (χ4v) is 2.78. The van der Waals surface area contributed by atoms with E-state index in [1.54, 1.807) is 6.07 Å². The monoisotopic (exact) mass is 356 g/mol. The number of fused-ring (bicyclic) bond motifs is 1. The van der Waals surface area contributed by atoms with Crippen molar-refractivity contribution >= 4 is 27.5 Å². The van der Waals surface area contributed by atoms with Crippen molar-refractivity contribution < 1.29 is 14.2 Å². The largest absolute Gasteiger partial charge is 0.384 e. The first-order valence-corrected chi connectivity index (χ1v) is 7.25. The lowest BCUT2D eigenvalue weighted by atomic mass is 9.97. The Bertz CT molecular complexity index is 675. The van der Waals surface area contributed by atoms with Crippen LogP contribution in [0.25, 0.3) is 0 Å². The Morgan fingerprint density at radius 1 is 1.20 bits per heavy atom. The quantitative estimate of drug-likeness (QED) is 0.810. The molecule has 0 aromatic heterocycles. The molecule has 0 amide bonds. The summed E-state index contributed by atoms with van der Waals surface area (Å²) >= 11 is 9.12. The number of ether oxygens (including phenoxy) is 1. The zero-order chi connectivity index (χ0) is 14.3. The Kier molecular flexibility index (Phi) is 3.82. The Balaban J connectivity index is 2.00. The number of aliphatic hydroxyl groups excluding tert-OH is 1. The van der Waals surface area contributed by atoms with Crippen molar-refractivity contribution in [2.45, 2.75) is 19.3 Å². The first kappa shape index (κ1) is 14.0. The molecule has 3 rings (SSSR count). The van der Waals surface area contributed by atoms with Gasteiger partial charge in [-0.3, -0.25) is 0 Å². The third-order valence-corrected chi connectivity index (χ3v) is 4.59. The van der Waals surface area contributed by atoms with E-state index in [1.807, 2.05) is 12.1 Å². The van der Waals surface area contributed by atoms with Gasteiger partial charge in [-0.2, -0.15) is 0 Å². The van der Waals surface area contributed by atoms with Gasteiger partial charge < -0.3 is 9.84 Å². The molecule has 1 aliphatic rings. The molecule has 1 aliphatic heterocycles. The van der Waals surface area contributed by atoms with E-state index in [0.29, 0.717) is 28.3 Å². The summed E-state index contributed by atoms with van der Waals surface area (Å²) in [5.41, 5.74) is 2.93. The van der Waals surface area contributed by atoms with Gasteiger partial charge in [0, 0.05) is 10.0 Å². The van der Waals surface area contributed by atoms with Gasteiger partial charge in [-0.25, -0.2) is 4.39 Å². The summed E-state index contributed by atoms with van der Waals surface area (Å²) in [6.45, 7) is 1.11. The number of halogens is 3. The molecule has 0 spiro atoms. The summed E-state index contributed by atoms with van der Waals surface area (Å²) < 4.78 is 19.8. The normalized spacial score (nSPS) is 15.2. The molecule has 0 saturated heterocycles. The van der Waals surface area contributed by atoms with Gasteiger partial charge in [0.25, 0.3) is 0 Å². The summed E-state index contributed by atoms with van der Waals surface area (Å²) in [5, 5.41) is 10.7. The third kappa shape index (κ3) is 2.49. The molecule has 0 bridgehead atoms. The van der Waals surface area contributed by atoms with E-state index in [9.17, 15) is 9.50 Å². The maximum atomic E-state index is 14.0. The molecule has 1 atom stereocenters. The lowest BCUT2D eigenvalue weighted by Gasteiger charge is -2.14. The van der Waals surface area contributed by atoms with Gasteiger partial charge in [0.05, 0.1) is 18.2 Å². The summed E-state index contributed by atoms with van der Waals surface area (Å²) in [6, 6.07) is 8.24. The first-order chi connectivity index (χ1) is 9.56. The van der Waals surface area contributed by atoms with Crippen molar-refractivity contribution in [2.24, 2.45) is 0 Å². The Hall–Kier alpha value is -0.940. The summed E-state index contributed by atoms with van der Waals surface area (Å²) in [4.78, 5) is 0. The molecular formula is C15H11BrClFO2. The minimum absolute atomic E-state index is 0.164. The first-order valence-electron chi connectivity index (χ1n) is 6.08. The molecule has 2 nitrogen and oxygen atoms in total. The molecule has 0 radical (unpaired) electrons. The molecule has 5 heteroatoms. The van der Waals surface area contributed by atoms with Crippen LogP contribution in [0, 0.1) is 5.82 Å². The maximum absolute atomic E-state index is 14.0. The van der Waals surface area contributed by atoms with Crippen LogP contribution in [-0.4, -0.2) is 5.11 Å². The van der Waals surface area contributed by atoms with E-state index in [-0.39, 0.29) is 5.56 Å². The highest BCUT2D eigenvalue weighted by atomic mass is 79.9. The van der Waals surface area contributed by atoms with Crippen LogP contribution in [-0.2, 0) is 18.0 Å². The van der Waals surface area contributed by atoms with Crippen LogP contribution in [0.3, 0.4) is 0 Å². The van der Waals surface area contributed by atoms with Gasteiger partial charge in [0.15, 0.2) is 0 Å². The fourth-order valence-electron chi connectivity index (χ4n) is 2.29. The van der Waals surface area contributed by atoms with Crippen molar-refractivity contribution in [1.82, 2.24) is 0 Å². The number of hydrogen-bond donors (Lipinski definition) is 1. The minimum atomic E-state index is -1.05. The van der Waals surface area contributed by atoms with Crippen molar-refractivity contribution in [3.8, 4) is 0 Å². The zero-order valence-corrected chi connectivity index (χ0v) is 12.7. The molecule has 0 aliphatic carbocycles. The van der Waals surface area contributed by atoms with Crippen molar-refractivity contribution in [1.29, 1.82) is 0 Å². The van der Waals surface area contributed by atoms with Gasteiger partial charge in [0.2, 0.25) is 0 Å². The lowest BCUT2D eigenvalue weighted by Crippen LogP contribution is -2.04. The number of hydrogen-bond acceptors (Lipinski definition) is 2. The van der Waals surface area contributed by atoms with Gasteiger partial charge in [-0.05, 0) is 44.8 Å². The molecule has 0 saturated carbocycles. The van der Waals surface area contributed by atoms with Gasteiger partial charge in [-0.1, -0.05) is 29.8 Å². The molecule has 0 fully saturated rings. The summed E-state index contributed by atoms with van der Waals surface area (Å²) in [7, 11) is 0. The van der Waals surface area contributed by atoms with E-state index in [1.165, 1.54) is 12.1 Å². The zero-order valence-electron chi connectivity index (χ0n) is 10.4.